The van der Waals surface area contributed by atoms with E-state index in [9.17, 15) is 14.1 Å². The molecule has 18 heavy (non-hydrogen) atoms. The van der Waals surface area contributed by atoms with E-state index in [0.717, 1.165) is 0 Å². The van der Waals surface area contributed by atoms with Crippen molar-refractivity contribution in [3.05, 3.63) is 12.2 Å². The fraction of sp³-hybridized carbons (Fsp3) is 0.636. The van der Waals surface area contributed by atoms with Crippen molar-refractivity contribution in [3.63, 3.8) is 0 Å². The molecule has 0 bridgehead atoms. The third-order valence-corrected chi connectivity index (χ3v) is 3.75. The van der Waals surface area contributed by atoms with Gasteiger partial charge in [-0.25, -0.2) is 0 Å². The number of carbonyl (C=O) groups excluding carboxylic acids is 2. The predicted molar refractivity (Wildman–Crippen MR) is 73.0 cm³/mol. The summed E-state index contributed by atoms with van der Waals surface area (Å²) < 4.78 is 20.5. The lowest BCUT2D eigenvalue weighted by Crippen LogP contribution is -2.15. The number of esters is 1. The molecule has 104 valence electrons. The summed E-state index contributed by atoms with van der Waals surface area (Å²) in [6, 6.07) is 0. The van der Waals surface area contributed by atoms with E-state index in [1.807, 2.05) is 6.08 Å². The molecule has 0 amide bonds. The van der Waals surface area contributed by atoms with Gasteiger partial charge in [-0.3, -0.25) is 9.59 Å². The van der Waals surface area contributed by atoms with Crippen molar-refractivity contribution in [2.45, 2.75) is 6.92 Å². The van der Waals surface area contributed by atoms with Crippen LogP contribution in [-0.2, 0) is 30.2 Å². The highest BCUT2D eigenvalue weighted by molar-refractivity contribution is 8.00. The SMILES string of the molecule is COCOC(=O)CSC/C=C/C[S+]([O-])CC(C)=O. The molecule has 0 spiro atoms. The smallest absolute Gasteiger partial charge is 0.318 e. The summed E-state index contributed by atoms with van der Waals surface area (Å²) in [6.07, 6.45) is 3.58. The summed E-state index contributed by atoms with van der Waals surface area (Å²) in [4.78, 5) is 21.7. The molecule has 0 rings (SSSR count). The monoisotopic (exact) mass is 294 g/mol. The Morgan fingerprint density at radius 1 is 1.39 bits per heavy atom. The minimum atomic E-state index is -1.12. The van der Waals surface area contributed by atoms with E-state index in [1.165, 1.54) is 25.8 Å². The molecule has 5 nitrogen and oxygen atoms in total. The Hall–Kier alpha value is -0.500. The first-order valence-corrected chi connectivity index (χ1v) is 7.92. The molecule has 0 aliphatic rings. The second-order valence-corrected chi connectivity index (χ2v) is 5.89. The van der Waals surface area contributed by atoms with Gasteiger partial charge in [-0.1, -0.05) is 6.08 Å². The molecule has 0 aromatic heterocycles. The van der Waals surface area contributed by atoms with Crippen LogP contribution in [0.1, 0.15) is 6.92 Å². The Labute approximate surface area is 114 Å². The van der Waals surface area contributed by atoms with Crippen molar-refractivity contribution in [1.29, 1.82) is 0 Å². The summed E-state index contributed by atoms with van der Waals surface area (Å²) in [5.74, 6) is 0.964. The lowest BCUT2D eigenvalue weighted by atomic mass is 10.5. The normalized spacial score (nSPS) is 12.6. The van der Waals surface area contributed by atoms with Crippen molar-refractivity contribution in [2.24, 2.45) is 0 Å². The Balaban J connectivity index is 3.48. The van der Waals surface area contributed by atoms with Gasteiger partial charge in [0.05, 0.1) is 5.75 Å². The van der Waals surface area contributed by atoms with Gasteiger partial charge in [-0.2, -0.15) is 0 Å². The van der Waals surface area contributed by atoms with Crippen molar-refractivity contribution in [2.75, 3.05) is 36.9 Å². The van der Waals surface area contributed by atoms with Gasteiger partial charge in [0.1, 0.15) is 5.75 Å². The van der Waals surface area contributed by atoms with Crippen LogP contribution in [0, 0.1) is 0 Å². The summed E-state index contributed by atoms with van der Waals surface area (Å²) >= 11 is 0.272. The first-order valence-electron chi connectivity index (χ1n) is 5.28. The number of ether oxygens (including phenoxy) is 2. The van der Waals surface area contributed by atoms with Crippen LogP contribution in [0.25, 0.3) is 0 Å². The maximum atomic E-state index is 11.3. The van der Waals surface area contributed by atoms with E-state index >= 15 is 0 Å². The lowest BCUT2D eigenvalue weighted by molar-refractivity contribution is -0.150. The average Bonchev–Trinajstić information content (AvgIpc) is 2.30. The Morgan fingerprint density at radius 3 is 2.72 bits per heavy atom. The standard InChI is InChI=1S/C11H18O5S2/c1-10(12)8-18(14)6-4-3-5-17-7-11(13)16-9-15-2/h3-4H,5-9H2,1-2H3/b4-3+. The van der Waals surface area contributed by atoms with Gasteiger partial charge in [0.2, 0.25) is 0 Å². The molecule has 0 aliphatic carbocycles. The summed E-state index contributed by atoms with van der Waals surface area (Å²) in [5.41, 5.74) is 0. The van der Waals surface area contributed by atoms with Crippen LogP contribution in [0.15, 0.2) is 12.2 Å². The molecular formula is C11H18O5S2. The van der Waals surface area contributed by atoms with Gasteiger partial charge >= 0.3 is 5.97 Å². The molecule has 1 atom stereocenters. The van der Waals surface area contributed by atoms with Crippen LogP contribution in [0.2, 0.25) is 0 Å². The number of hydrogen-bond acceptors (Lipinski definition) is 6. The van der Waals surface area contributed by atoms with E-state index in [1.54, 1.807) is 6.08 Å². The third-order valence-electron chi connectivity index (χ3n) is 1.58. The first-order chi connectivity index (χ1) is 8.56. The maximum Gasteiger partial charge on any atom is 0.318 e. The van der Waals surface area contributed by atoms with Crippen LogP contribution in [0.4, 0.5) is 0 Å². The van der Waals surface area contributed by atoms with Gasteiger partial charge in [0, 0.05) is 12.9 Å². The Bertz CT molecular complexity index is 281. The quantitative estimate of drug-likeness (QED) is 0.195. The Morgan fingerprint density at radius 2 is 2.11 bits per heavy atom. The molecule has 0 radical (unpaired) electrons. The molecule has 1 unspecified atom stereocenters. The third kappa shape index (κ3) is 12.0. The number of Topliss-reactive ketones (excluding diaryl/α,β-unsaturated/α-hetero) is 1. The highest BCUT2D eigenvalue weighted by atomic mass is 32.2. The van der Waals surface area contributed by atoms with Gasteiger partial charge in [-0.05, 0) is 24.2 Å². The fourth-order valence-electron chi connectivity index (χ4n) is 0.906. The van der Waals surface area contributed by atoms with E-state index < -0.39 is 11.2 Å². The molecule has 0 heterocycles. The van der Waals surface area contributed by atoms with E-state index in [-0.39, 0.29) is 30.1 Å². The minimum absolute atomic E-state index is 0.0285. The van der Waals surface area contributed by atoms with Gasteiger partial charge in [-0.15, -0.1) is 11.8 Å². The zero-order valence-electron chi connectivity index (χ0n) is 10.5. The highest BCUT2D eigenvalue weighted by Crippen LogP contribution is 2.02. The molecule has 0 fully saturated rings. The van der Waals surface area contributed by atoms with E-state index in [0.29, 0.717) is 11.5 Å². The van der Waals surface area contributed by atoms with Gasteiger partial charge < -0.3 is 14.0 Å². The first kappa shape index (κ1) is 17.5. The van der Waals surface area contributed by atoms with Crippen LogP contribution in [0.5, 0.6) is 0 Å². The summed E-state index contributed by atoms with van der Waals surface area (Å²) in [6.45, 7) is 1.39. The van der Waals surface area contributed by atoms with Crippen molar-refractivity contribution < 1.29 is 23.6 Å². The summed E-state index contributed by atoms with van der Waals surface area (Å²) in [7, 11) is 1.45. The van der Waals surface area contributed by atoms with Crippen molar-refractivity contribution in [3.8, 4) is 0 Å². The van der Waals surface area contributed by atoms with Gasteiger partial charge in [0.15, 0.2) is 18.3 Å². The van der Waals surface area contributed by atoms with Crippen LogP contribution in [0.3, 0.4) is 0 Å². The van der Waals surface area contributed by atoms with Crippen molar-refractivity contribution in [1.82, 2.24) is 0 Å². The van der Waals surface area contributed by atoms with Crippen LogP contribution >= 0.6 is 11.8 Å². The fourth-order valence-corrected chi connectivity index (χ4v) is 2.47. The molecular weight excluding hydrogens is 276 g/mol. The highest BCUT2D eigenvalue weighted by Gasteiger charge is 2.06. The molecule has 0 aromatic carbocycles. The Kier molecular flexibility index (Phi) is 11.3. The molecule has 0 saturated heterocycles. The average molecular weight is 294 g/mol. The summed E-state index contributed by atoms with van der Waals surface area (Å²) in [5, 5.41) is 0. The zero-order chi connectivity index (χ0) is 13.8. The maximum absolute atomic E-state index is 11.3. The van der Waals surface area contributed by atoms with E-state index in [4.69, 9.17) is 0 Å². The predicted octanol–water partition coefficient (Wildman–Crippen LogP) is 0.761. The number of ketones is 1. The number of hydrogen-bond donors (Lipinski definition) is 0. The van der Waals surface area contributed by atoms with Gasteiger partial charge in [0.25, 0.3) is 0 Å². The lowest BCUT2D eigenvalue weighted by Gasteiger charge is -2.05. The second kappa shape index (κ2) is 11.6. The molecule has 0 saturated carbocycles. The number of thioether (sulfide) groups is 1. The second-order valence-electron chi connectivity index (χ2n) is 3.36. The van der Waals surface area contributed by atoms with Crippen LogP contribution in [-0.4, -0.2) is 53.2 Å². The molecule has 0 aliphatic heterocycles. The topological polar surface area (TPSA) is 75.7 Å². The number of carbonyl (C=O) groups is 2. The van der Waals surface area contributed by atoms with E-state index in [2.05, 4.69) is 9.47 Å². The minimum Gasteiger partial charge on any atom is -0.616 e. The molecule has 0 aromatic rings. The largest absolute Gasteiger partial charge is 0.616 e. The number of methoxy groups -OCH3 is 1. The molecule has 0 N–H and O–H groups in total. The van der Waals surface area contributed by atoms with Crippen LogP contribution < -0.4 is 0 Å². The molecule has 7 heteroatoms. The van der Waals surface area contributed by atoms with Crippen molar-refractivity contribution >= 4 is 34.7 Å². The number of rotatable bonds is 10. The zero-order valence-corrected chi connectivity index (χ0v) is 12.2.